The van der Waals surface area contributed by atoms with Gasteiger partial charge >= 0.3 is 0 Å². The van der Waals surface area contributed by atoms with Crippen molar-refractivity contribution in [2.45, 2.75) is 76.4 Å². The van der Waals surface area contributed by atoms with Crippen LogP contribution in [0.3, 0.4) is 0 Å². The summed E-state index contributed by atoms with van der Waals surface area (Å²) in [5, 5.41) is 2.47. The lowest BCUT2D eigenvalue weighted by Crippen LogP contribution is -2.22. The molecule has 0 amide bonds. The first-order valence-electron chi connectivity index (χ1n) is 9.74. The Morgan fingerprint density at radius 3 is 1.42 bits per heavy atom. The second kappa shape index (κ2) is 7.46. The quantitative estimate of drug-likeness (QED) is 0.660. The first-order valence-corrected chi connectivity index (χ1v) is 9.74. The Morgan fingerprint density at radius 2 is 1.00 bits per heavy atom. The van der Waals surface area contributed by atoms with Crippen LogP contribution in [0.15, 0.2) is 36.4 Å². The van der Waals surface area contributed by atoms with Crippen molar-refractivity contribution in [2.75, 3.05) is 0 Å². The zero-order valence-electron chi connectivity index (χ0n) is 14.5. The predicted molar refractivity (Wildman–Crippen MR) is 99.0 cm³/mol. The zero-order valence-corrected chi connectivity index (χ0v) is 14.5. The van der Waals surface area contributed by atoms with E-state index in [2.05, 4.69) is 36.4 Å². The molecule has 0 heterocycles. The number of benzene rings is 2. The third kappa shape index (κ3) is 3.68. The van der Waals surface area contributed by atoms with E-state index in [0.717, 1.165) is 11.5 Å². The standard InChI is InChI=1S/C22H28O2/c1-3-11-19(12-4-1)23-21-15-17-9-7-8-10-18(17)16-22(21)24-20-13-5-2-6-14-20/h7-10,15-16,19-20H,1-6,11-14H2. The van der Waals surface area contributed by atoms with Crippen LogP contribution in [0.25, 0.3) is 10.8 Å². The number of fused-ring (bicyclic) bond motifs is 1. The van der Waals surface area contributed by atoms with Gasteiger partial charge in [-0.3, -0.25) is 0 Å². The molecule has 24 heavy (non-hydrogen) atoms. The van der Waals surface area contributed by atoms with Crippen molar-refractivity contribution in [3.05, 3.63) is 36.4 Å². The lowest BCUT2D eigenvalue weighted by atomic mass is 9.97. The van der Waals surface area contributed by atoms with E-state index < -0.39 is 0 Å². The molecule has 0 aliphatic heterocycles. The third-order valence-electron chi connectivity index (χ3n) is 5.50. The van der Waals surface area contributed by atoms with Crippen molar-refractivity contribution < 1.29 is 9.47 Å². The number of hydrogen-bond acceptors (Lipinski definition) is 2. The van der Waals surface area contributed by atoms with Crippen LogP contribution in [0.4, 0.5) is 0 Å². The van der Waals surface area contributed by atoms with Crippen LogP contribution in [0, 0.1) is 0 Å². The first-order chi connectivity index (χ1) is 11.9. The van der Waals surface area contributed by atoms with Gasteiger partial charge in [-0.1, -0.05) is 37.1 Å². The Labute approximate surface area is 145 Å². The van der Waals surface area contributed by atoms with Crippen LogP contribution in [0.2, 0.25) is 0 Å². The molecule has 0 radical (unpaired) electrons. The molecule has 2 nitrogen and oxygen atoms in total. The average molecular weight is 324 g/mol. The fraction of sp³-hybridized carbons (Fsp3) is 0.545. The van der Waals surface area contributed by atoms with Gasteiger partial charge in [-0.05, 0) is 74.3 Å². The number of ether oxygens (including phenoxy) is 2. The molecule has 0 saturated heterocycles. The molecule has 0 atom stereocenters. The van der Waals surface area contributed by atoms with Crippen molar-refractivity contribution in [1.82, 2.24) is 0 Å². The van der Waals surface area contributed by atoms with Gasteiger partial charge in [0, 0.05) is 0 Å². The molecule has 128 valence electrons. The van der Waals surface area contributed by atoms with E-state index >= 15 is 0 Å². The Bertz CT molecular complexity index is 608. The summed E-state index contributed by atoms with van der Waals surface area (Å²) in [4.78, 5) is 0. The maximum Gasteiger partial charge on any atom is 0.162 e. The molecule has 2 aromatic carbocycles. The molecule has 2 fully saturated rings. The van der Waals surface area contributed by atoms with E-state index in [9.17, 15) is 0 Å². The monoisotopic (exact) mass is 324 g/mol. The van der Waals surface area contributed by atoms with Gasteiger partial charge < -0.3 is 9.47 Å². The highest BCUT2D eigenvalue weighted by atomic mass is 16.5. The van der Waals surface area contributed by atoms with Gasteiger partial charge in [0.1, 0.15) is 0 Å². The number of rotatable bonds is 4. The van der Waals surface area contributed by atoms with E-state index in [1.54, 1.807) is 0 Å². The minimum atomic E-state index is 0.355. The van der Waals surface area contributed by atoms with E-state index in [4.69, 9.17) is 9.47 Å². The molecule has 2 aromatic rings. The summed E-state index contributed by atoms with van der Waals surface area (Å²) in [5.74, 6) is 1.90. The van der Waals surface area contributed by atoms with Crippen LogP contribution in [0.5, 0.6) is 11.5 Å². The largest absolute Gasteiger partial charge is 0.487 e. The Hall–Kier alpha value is -1.70. The topological polar surface area (TPSA) is 18.5 Å². The summed E-state index contributed by atoms with van der Waals surface area (Å²) in [7, 11) is 0. The van der Waals surface area contributed by atoms with Crippen LogP contribution in [0.1, 0.15) is 64.2 Å². The highest BCUT2D eigenvalue weighted by Gasteiger charge is 2.21. The molecule has 0 unspecified atom stereocenters. The van der Waals surface area contributed by atoms with E-state index in [0.29, 0.717) is 12.2 Å². The highest BCUT2D eigenvalue weighted by molar-refractivity contribution is 5.86. The second-order valence-corrected chi connectivity index (χ2v) is 7.40. The van der Waals surface area contributed by atoms with Crippen LogP contribution in [-0.4, -0.2) is 12.2 Å². The fourth-order valence-electron chi connectivity index (χ4n) is 4.11. The first kappa shape index (κ1) is 15.8. The molecule has 2 saturated carbocycles. The van der Waals surface area contributed by atoms with Gasteiger partial charge in [0.15, 0.2) is 11.5 Å². The summed E-state index contributed by atoms with van der Waals surface area (Å²) < 4.78 is 12.8. The molecule has 0 aromatic heterocycles. The summed E-state index contributed by atoms with van der Waals surface area (Å²) in [6.45, 7) is 0. The van der Waals surface area contributed by atoms with E-state index in [-0.39, 0.29) is 0 Å². The Morgan fingerprint density at radius 1 is 0.583 bits per heavy atom. The van der Waals surface area contributed by atoms with Crippen LogP contribution >= 0.6 is 0 Å². The molecule has 4 rings (SSSR count). The molecule has 0 bridgehead atoms. The lowest BCUT2D eigenvalue weighted by Gasteiger charge is -2.27. The van der Waals surface area contributed by atoms with Crippen LogP contribution in [-0.2, 0) is 0 Å². The summed E-state index contributed by atoms with van der Waals surface area (Å²) in [6.07, 6.45) is 13.3. The second-order valence-electron chi connectivity index (χ2n) is 7.40. The minimum absolute atomic E-state index is 0.355. The van der Waals surface area contributed by atoms with Gasteiger partial charge in [0.25, 0.3) is 0 Å². The normalized spacial score (nSPS) is 20.2. The Kier molecular flexibility index (Phi) is 4.91. The summed E-state index contributed by atoms with van der Waals surface area (Å²) in [6, 6.07) is 12.9. The van der Waals surface area contributed by atoms with Crippen molar-refractivity contribution in [1.29, 1.82) is 0 Å². The SMILES string of the molecule is c1ccc2cc(OC3CCCCC3)c(OC3CCCCC3)cc2c1. The molecular formula is C22H28O2. The lowest BCUT2D eigenvalue weighted by molar-refractivity contribution is 0.123. The van der Waals surface area contributed by atoms with Crippen molar-refractivity contribution in [3.8, 4) is 11.5 Å². The van der Waals surface area contributed by atoms with Gasteiger partial charge in [-0.15, -0.1) is 0 Å². The molecule has 0 N–H and O–H groups in total. The number of hydrogen-bond donors (Lipinski definition) is 0. The van der Waals surface area contributed by atoms with Gasteiger partial charge in [-0.25, -0.2) is 0 Å². The minimum Gasteiger partial charge on any atom is -0.487 e. The summed E-state index contributed by atoms with van der Waals surface area (Å²) >= 11 is 0. The smallest absolute Gasteiger partial charge is 0.162 e. The Balaban J connectivity index is 1.61. The van der Waals surface area contributed by atoms with Crippen molar-refractivity contribution >= 4 is 10.8 Å². The van der Waals surface area contributed by atoms with E-state index in [1.165, 1.54) is 75.0 Å². The average Bonchev–Trinajstić information content (AvgIpc) is 2.64. The maximum atomic E-state index is 6.41. The molecular weight excluding hydrogens is 296 g/mol. The molecule has 2 aliphatic rings. The van der Waals surface area contributed by atoms with Crippen molar-refractivity contribution in [2.24, 2.45) is 0 Å². The van der Waals surface area contributed by atoms with E-state index in [1.807, 2.05) is 0 Å². The van der Waals surface area contributed by atoms with Crippen molar-refractivity contribution in [3.63, 3.8) is 0 Å². The fourth-order valence-corrected chi connectivity index (χ4v) is 4.11. The summed E-state index contributed by atoms with van der Waals surface area (Å²) in [5.41, 5.74) is 0. The molecule has 0 spiro atoms. The molecule has 2 aliphatic carbocycles. The van der Waals surface area contributed by atoms with Gasteiger partial charge in [-0.2, -0.15) is 0 Å². The zero-order chi connectivity index (χ0) is 16.2. The van der Waals surface area contributed by atoms with Gasteiger partial charge in [0.2, 0.25) is 0 Å². The predicted octanol–water partition coefficient (Wildman–Crippen LogP) is 6.26. The highest BCUT2D eigenvalue weighted by Crippen LogP contribution is 2.37. The van der Waals surface area contributed by atoms with Gasteiger partial charge in [0.05, 0.1) is 12.2 Å². The van der Waals surface area contributed by atoms with Crippen LogP contribution < -0.4 is 9.47 Å². The molecule has 2 heteroatoms. The maximum absolute atomic E-state index is 6.41. The third-order valence-corrected chi connectivity index (χ3v) is 5.50.